The average molecular weight is 589 g/mol. The molecule has 4 rings (SSSR count). The zero-order valence-corrected chi connectivity index (χ0v) is 23.1. The first kappa shape index (κ1) is 30.3. The van der Waals surface area contributed by atoms with E-state index in [1.165, 1.54) is 31.0 Å². The van der Waals surface area contributed by atoms with Gasteiger partial charge in [0.05, 0.1) is 11.1 Å². The van der Waals surface area contributed by atoms with Crippen molar-refractivity contribution in [2.45, 2.75) is 32.4 Å². The number of anilines is 1. The van der Waals surface area contributed by atoms with Crippen molar-refractivity contribution in [1.29, 1.82) is 0 Å². The number of amides is 1. The second-order valence-corrected chi connectivity index (χ2v) is 10.3. The predicted molar refractivity (Wildman–Crippen MR) is 151 cm³/mol. The summed E-state index contributed by atoms with van der Waals surface area (Å²) in [5.41, 5.74) is 0.390. The van der Waals surface area contributed by atoms with Crippen LogP contribution in [0, 0.1) is 12.7 Å². The molecular weight excluding hydrogens is 560 g/mol. The number of aryl methyl sites for hydroxylation is 1. The van der Waals surface area contributed by atoms with Gasteiger partial charge in [-0.15, -0.1) is 0 Å². The summed E-state index contributed by atoms with van der Waals surface area (Å²) in [7, 11) is 0. The third-order valence-corrected chi connectivity index (χ3v) is 6.91. The number of benzene rings is 3. The van der Waals surface area contributed by atoms with Crippen LogP contribution in [0.1, 0.15) is 51.9 Å². The molecule has 1 heterocycles. The average Bonchev–Trinajstić information content (AvgIpc) is 3.44. The Labute approximate surface area is 240 Å². The van der Waals surface area contributed by atoms with E-state index >= 15 is 0 Å². The Balaban J connectivity index is 1.39. The fraction of sp³-hybridized carbons (Fsp3) is 0.290. The number of likely N-dealkylation sites (tertiary alicyclic amines) is 1. The summed E-state index contributed by atoms with van der Waals surface area (Å²) < 4.78 is 58.9. The number of hydrogen-bond donors (Lipinski definition) is 1. The Morgan fingerprint density at radius 2 is 1.80 bits per heavy atom. The van der Waals surface area contributed by atoms with Gasteiger partial charge in [0.25, 0.3) is 5.91 Å². The largest absolute Gasteiger partial charge is 0.483 e. The van der Waals surface area contributed by atoms with Crippen molar-refractivity contribution < 1.29 is 31.9 Å². The third kappa shape index (κ3) is 8.41. The maximum absolute atomic E-state index is 13.9. The van der Waals surface area contributed by atoms with Gasteiger partial charge in [0.15, 0.2) is 12.4 Å². The number of alkyl halides is 3. The van der Waals surface area contributed by atoms with Gasteiger partial charge in [-0.1, -0.05) is 29.8 Å². The van der Waals surface area contributed by atoms with Crippen LogP contribution in [0.2, 0.25) is 5.02 Å². The van der Waals surface area contributed by atoms with Gasteiger partial charge in [0.2, 0.25) is 0 Å². The lowest BCUT2D eigenvalue weighted by molar-refractivity contribution is -0.137. The number of hydrogen-bond acceptors (Lipinski definition) is 4. The molecule has 1 amide bonds. The van der Waals surface area contributed by atoms with Crippen molar-refractivity contribution >= 4 is 35.1 Å². The van der Waals surface area contributed by atoms with Gasteiger partial charge in [0, 0.05) is 22.8 Å². The van der Waals surface area contributed by atoms with Gasteiger partial charge in [0.1, 0.15) is 11.6 Å². The highest BCUT2D eigenvalue weighted by atomic mass is 35.5. The Morgan fingerprint density at radius 3 is 2.51 bits per heavy atom. The number of halogens is 5. The van der Waals surface area contributed by atoms with Gasteiger partial charge in [-0.05, 0) is 98.9 Å². The number of nitrogens with one attached hydrogen (secondary N) is 1. The molecule has 0 unspecified atom stereocenters. The molecule has 0 aliphatic carbocycles. The summed E-state index contributed by atoms with van der Waals surface area (Å²) >= 11 is 6.01. The van der Waals surface area contributed by atoms with Crippen LogP contribution in [0.15, 0.2) is 60.7 Å². The molecule has 0 saturated carbocycles. The highest BCUT2D eigenvalue weighted by Gasteiger charge is 2.32. The van der Waals surface area contributed by atoms with E-state index in [9.17, 15) is 27.2 Å². The molecule has 0 atom stereocenters. The van der Waals surface area contributed by atoms with Gasteiger partial charge in [-0.25, -0.2) is 4.39 Å². The summed E-state index contributed by atoms with van der Waals surface area (Å²) in [4.78, 5) is 28.1. The van der Waals surface area contributed by atoms with E-state index in [4.69, 9.17) is 16.3 Å². The molecule has 0 aromatic heterocycles. The minimum atomic E-state index is -4.84. The molecule has 5 nitrogen and oxygen atoms in total. The zero-order valence-electron chi connectivity index (χ0n) is 22.4. The van der Waals surface area contributed by atoms with Gasteiger partial charge >= 0.3 is 6.18 Å². The molecule has 1 aliphatic rings. The molecule has 10 heteroatoms. The Morgan fingerprint density at radius 1 is 1.05 bits per heavy atom. The Kier molecular flexibility index (Phi) is 9.83. The van der Waals surface area contributed by atoms with Crippen LogP contribution in [0.4, 0.5) is 23.2 Å². The van der Waals surface area contributed by atoms with Crippen molar-refractivity contribution in [3.8, 4) is 5.75 Å². The molecule has 41 heavy (non-hydrogen) atoms. The quantitative estimate of drug-likeness (QED) is 0.196. The van der Waals surface area contributed by atoms with E-state index in [-0.39, 0.29) is 16.3 Å². The summed E-state index contributed by atoms with van der Waals surface area (Å²) in [5, 5.41) is 2.86. The second-order valence-electron chi connectivity index (χ2n) is 9.85. The van der Waals surface area contributed by atoms with Crippen molar-refractivity contribution in [3.63, 3.8) is 0 Å². The van der Waals surface area contributed by atoms with Crippen LogP contribution in [-0.4, -0.2) is 42.8 Å². The highest BCUT2D eigenvalue weighted by molar-refractivity contribution is 6.31. The Bertz CT molecular complexity index is 1450. The monoisotopic (exact) mass is 588 g/mol. The van der Waals surface area contributed by atoms with Crippen molar-refractivity contribution in [2.24, 2.45) is 0 Å². The maximum atomic E-state index is 13.9. The first-order valence-electron chi connectivity index (χ1n) is 13.1. The molecule has 3 aromatic carbocycles. The third-order valence-electron chi connectivity index (χ3n) is 6.68. The number of carbonyl (C=O) groups excluding carboxylic acids is 2. The van der Waals surface area contributed by atoms with E-state index in [1.54, 1.807) is 6.07 Å². The van der Waals surface area contributed by atoms with Crippen molar-refractivity contribution in [2.75, 3.05) is 31.6 Å². The molecule has 0 spiro atoms. The number of nitrogens with zero attached hydrogens (tertiary/aromatic N) is 1. The number of rotatable bonds is 10. The summed E-state index contributed by atoms with van der Waals surface area (Å²) in [5.74, 6) is -2.75. The van der Waals surface area contributed by atoms with E-state index in [2.05, 4.69) is 16.3 Å². The summed E-state index contributed by atoms with van der Waals surface area (Å²) in [6.07, 6.45) is 2.84. The number of ketones is 1. The fourth-order valence-electron chi connectivity index (χ4n) is 4.59. The summed E-state index contributed by atoms with van der Waals surface area (Å²) in [6.45, 7) is 4.74. The highest BCUT2D eigenvalue weighted by Crippen LogP contribution is 2.32. The van der Waals surface area contributed by atoms with Crippen molar-refractivity contribution in [3.05, 3.63) is 99.3 Å². The molecule has 0 radical (unpaired) electrons. The molecule has 0 bridgehead atoms. The number of ether oxygens (including phenoxy) is 1. The minimum Gasteiger partial charge on any atom is -0.483 e. The molecule has 216 valence electrons. The maximum Gasteiger partial charge on any atom is 0.416 e. The van der Waals surface area contributed by atoms with Gasteiger partial charge < -0.3 is 15.0 Å². The molecule has 3 aromatic rings. The van der Waals surface area contributed by atoms with Crippen LogP contribution < -0.4 is 10.1 Å². The molecule has 1 aliphatic heterocycles. The summed E-state index contributed by atoms with van der Waals surface area (Å²) in [6, 6.07) is 11.1. The van der Waals surface area contributed by atoms with Crippen LogP contribution in [-0.2, 0) is 11.0 Å². The fourth-order valence-corrected chi connectivity index (χ4v) is 4.76. The van der Waals surface area contributed by atoms with Crippen molar-refractivity contribution in [1.82, 2.24) is 4.90 Å². The SMILES string of the molecule is Cc1cc(/C=C/CCN2CCCC2)ccc1NC(=O)COc1ccc(Cl)cc1C(=O)c1cc(F)cc(C(F)(F)F)c1. The van der Waals surface area contributed by atoms with E-state index < -0.39 is 41.4 Å². The van der Waals surface area contributed by atoms with Crippen LogP contribution >= 0.6 is 11.6 Å². The number of carbonyl (C=O) groups is 2. The van der Waals surface area contributed by atoms with E-state index in [0.29, 0.717) is 23.9 Å². The Hall–Kier alpha value is -3.69. The van der Waals surface area contributed by atoms with Gasteiger partial charge in [-0.2, -0.15) is 13.2 Å². The van der Waals surface area contributed by atoms with E-state index in [1.807, 2.05) is 25.1 Å². The van der Waals surface area contributed by atoms with E-state index in [0.717, 1.165) is 37.2 Å². The standard InChI is InChI=1S/C31H29ClF4N2O3/c1-20-14-21(6-2-3-11-38-12-4-5-13-38)7-9-27(20)37-29(39)19-41-28-10-8-24(32)18-26(28)30(40)22-15-23(31(34,35)36)17-25(33)16-22/h2,6-10,14-18H,3-5,11-13,19H2,1H3,(H,37,39)/b6-2+. The first-order valence-corrected chi connectivity index (χ1v) is 13.5. The predicted octanol–water partition coefficient (Wildman–Crippen LogP) is 7.55. The van der Waals surface area contributed by atoms with Crippen LogP contribution in [0.25, 0.3) is 6.08 Å². The lowest BCUT2D eigenvalue weighted by Crippen LogP contribution is -2.21. The lowest BCUT2D eigenvalue weighted by atomic mass is 10.00. The second kappa shape index (κ2) is 13.3. The zero-order chi connectivity index (χ0) is 29.6. The lowest BCUT2D eigenvalue weighted by Gasteiger charge is -2.14. The minimum absolute atomic E-state index is 0.0847. The molecule has 1 N–H and O–H groups in total. The topological polar surface area (TPSA) is 58.6 Å². The smallest absolute Gasteiger partial charge is 0.416 e. The van der Waals surface area contributed by atoms with Crippen LogP contribution in [0.5, 0.6) is 5.75 Å². The first-order chi connectivity index (χ1) is 19.5. The van der Waals surface area contributed by atoms with Crippen LogP contribution in [0.3, 0.4) is 0 Å². The molecule has 1 fully saturated rings. The molecular formula is C31H29ClF4N2O3. The van der Waals surface area contributed by atoms with Gasteiger partial charge in [-0.3, -0.25) is 9.59 Å². The normalized spacial score (nSPS) is 14.0. The molecule has 1 saturated heterocycles.